The molecule has 2 nitrogen and oxygen atoms in total. The molecule has 110 valence electrons. The van der Waals surface area contributed by atoms with Crippen molar-refractivity contribution in [1.29, 1.82) is 0 Å². The fourth-order valence-electron chi connectivity index (χ4n) is 4.48. The first-order chi connectivity index (χ1) is 10.4. The number of hydrogen-bond donors (Lipinski definition) is 1. The van der Waals surface area contributed by atoms with Gasteiger partial charge in [0.15, 0.2) is 0 Å². The van der Waals surface area contributed by atoms with Crippen LogP contribution < -0.4 is 10.6 Å². The maximum absolute atomic E-state index is 5.91. The van der Waals surface area contributed by atoms with Crippen molar-refractivity contribution in [3.63, 3.8) is 0 Å². The molecule has 4 rings (SSSR count). The summed E-state index contributed by atoms with van der Waals surface area (Å²) in [6, 6.07) is 14.1. The number of fused-ring (bicyclic) bond motifs is 2. The Labute approximate surface area is 126 Å². The van der Waals surface area contributed by atoms with Gasteiger partial charge in [0.25, 0.3) is 0 Å². The molecule has 2 fully saturated rings. The summed E-state index contributed by atoms with van der Waals surface area (Å²) in [5.41, 5.74) is 8.60. The van der Waals surface area contributed by atoms with Crippen LogP contribution in [0.4, 0.5) is 5.69 Å². The Morgan fingerprint density at radius 3 is 2.62 bits per heavy atom. The van der Waals surface area contributed by atoms with Gasteiger partial charge in [0.05, 0.1) is 0 Å². The van der Waals surface area contributed by atoms with Gasteiger partial charge in [-0.3, -0.25) is 0 Å². The van der Waals surface area contributed by atoms with Crippen molar-refractivity contribution in [2.45, 2.75) is 44.7 Å². The lowest BCUT2D eigenvalue weighted by Gasteiger charge is -2.34. The smallest absolute Gasteiger partial charge is 0.0448 e. The van der Waals surface area contributed by atoms with Crippen molar-refractivity contribution in [1.82, 2.24) is 0 Å². The van der Waals surface area contributed by atoms with E-state index in [0.717, 1.165) is 12.0 Å². The fraction of sp³-hybridized carbons (Fsp3) is 0.474. The molecule has 0 aromatic heterocycles. The third kappa shape index (κ3) is 2.13. The molecule has 2 aromatic rings. The van der Waals surface area contributed by atoms with Gasteiger partial charge in [0, 0.05) is 30.2 Å². The average Bonchev–Trinajstić information content (AvgIpc) is 2.98. The van der Waals surface area contributed by atoms with Gasteiger partial charge in [-0.05, 0) is 42.2 Å². The van der Waals surface area contributed by atoms with Gasteiger partial charge in [-0.25, -0.2) is 0 Å². The average molecular weight is 280 g/mol. The highest BCUT2D eigenvalue weighted by Crippen LogP contribution is 2.41. The molecule has 1 aliphatic heterocycles. The summed E-state index contributed by atoms with van der Waals surface area (Å²) in [6.45, 7) is 1.84. The quantitative estimate of drug-likeness (QED) is 0.898. The zero-order valence-corrected chi connectivity index (χ0v) is 12.6. The summed E-state index contributed by atoms with van der Waals surface area (Å²) in [5.74, 6) is 0.923. The highest BCUT2D eigenvalue weighted by molar-refractivity contribution is 5.96. The zero-order valence-electron chi connectivity index (χ0n) is 12.6. The number of benzene rings is 2. The molecular weight excluding hydrogens is 256 g/mol. The molecule has 2 unspecified atom stereocenters. The van der Waals surface area contributed by atoms with Crippen molar-refractivity contribution >= 4 is 16.5 Å². The molecule has 1 saturated heterocycles. The monoisotopic (exact) mass is 280 g/mol. The van der Waals surface area contributed by atoms with Gasteiger partial charge in [-0.2, -0.15) is 0 Å². The van der Waals surface area contributed by atoms with Gasteiger partial charge >= 0.3 is 0 Å². The van der Waals surface area contributed by atoms with Crippen LogP contribution in [-0.4, -0.2) is 12.6 Å². The van der Waals surface area contributed by atoms with Crippen molar-refractivity contribution in [3.8, 4) is 0 Å². The molecule has 2 aromatic carbocycles. The van der Waals surface area contributed by atoms with Crippen LogP contribution >= 0.6 is 0 Å². The van der Waals surface area contributed by atoms with Gasteiger partial charge in [0.2, 0.25) is 0 Å². The van der Waals surface area contributed by atoms with Crippen LogP contribution in [0.5, 0.6) is 0 Å². The van der Waals surface area contributed by atoms with E-state index < -0.39 is 0 Å². The highest BCUT2D eigenvalue weighted by atomic mass is 15.2. The molecule has 0 radical (unpaired) electrons. The summed E-state index contributed by atoms with van der Waals surface area (Å²) >= 11 is 0. The maximum Gasteiger partial charge on any atom is 0.0448 e. The van der Waals surface area contributed by atoms with Crippen LogP contribution in [0.25, 0.3) is 10.8 Å². The van der Waals surface area contributed by atoms with Gasteiger partial charge in [-0.1, -0.05) is 43.2 Å². The van der Waals surface area contributed by atoms with E-state index in [4.69, 9.17) is 5.73 Å². The van der Waals surface area contributed by atoms with Crippen molar-refractivity contribution < 1.29 is 0 Å². The molecule has 2 aliphatic rings. The van der Waals surface area contributed by atoms with E-state index in [2.05, 4.69) is 41.3 Å². The molecule has 2 N–H and O–H groups in total. The van der Waals surface area contributed by atoms with Gasteiger partial charge in [0.1, 0.15) is 0 Å². The molecule has 0 bridgehead atoms. The normalized spacial score (nSPS) is 25.3. The molecule has 0 amide bonds. The van der Waals surface area contributed by atoms with Crippen LogP contribution in [0.1, 0.15) is 37.7 Å². The summed E-state index contributed by atoms with van der Waals surface area (Å²) < 4.78 is 0. The van der Waals surface area contributed by atoms with Gasteiger partial charge in [-0.15, -0.1) is 0 Å². The number of nitrogens with two attached hydrogens (primary N) is 1. The fourth-order valence-corrected chi connectivity index (χ4v) is 4.48. The van der Waals surface area contributed by atoms with Crippen LogP contribution in [-0.2, 0) is 6.54 Å². The van der Waals surface area contributed by atoms with Crippen LogP contribution in [0.2, 0.25) is 0 Å². The Kier molecular flexibility index (Phi) is 3.34. The highest BCUT2D eigenvalue weighted by Gasteiger charge is 2.36. The Morgan fingerprint density at radius 2 is 1.76 bits per heavy atom. The van der Waals surface area contributed by atoms with E-state index in [-0.39, 0.29) is 0 Å². The first kappa shape index (κ1) is 13.1. The molecule has 21 heavy (non-hydrogen) atoms. The number of rotatable bonds is 2. The molecule has 2 heteroatoms. The molecule has 1 aliphatic carbocycles. The summed E-state index contributed by atoms with van der Waals surface area (Å²) in [6.07, 6.45) is 7.01. The molecule has 1 saturated carbocycles. The largest absolute Gasteiger partial charge is 0.368 e. The van der Waals surface area contributed by atoms with E-state index in [0.29, 0.717) is 6.54 Å². The van der Waals surface area contributed by atoms with E-state index >= 15 is 0 Å². The van der Waals surface area contributed by atoms with Crippen LogP contribution in [0.3, 0.4) is 0 Å². The lowest BCUT2D eigenvalue weighted by Crippen LogP contribution is -2.34. The molecule has 0 spiro atoms. The maximum atomic E-state index is 5.91. The third-order valence-electron chi connectivity index (χ3n) is 5.53. The minimum absolute atomic E-state index is 0.618. The van der Waals surface area contributed by atoms with E-state index in [1.807, 2.05) is 0 Å². The first-order valence-electron chi connectivity index (χ1n) is 8.36. The Balaban J connectivity index is 1.80. The van der Waals surface area contributed by atoms with E-state index in [1.54, 1.807) is 0 Å². The van der Waals surface area contributed by atoms with Crippen LogP contribution in [0.15, 0.2) is 36.4 Å². The Bertz CT molecular complexity index is 649. The standard InChI is InChI=1S/C19H24N2/c20-13-15-9-10-19(17-7-3-2-6-16(15)17)21-12-11-14-5-1-4-8-18(14)21/h2-3,6-7,9-10,14,18H,1,4-5,8,11-13,20H2. The second kappa shape index (κ2) is 5.34. The molecular formula is C19H24N2. The van der Waals surface area contributed by atoms with Crippen LogP contribution in [0, 0.1) is 5.92 Å². The lowest BCUT2D eigenvalue weighted by atomic mass is 9.85. The number of anilines is 1. The lowest BCUT2D eigenvalue weighted by molar-refractivity contribution is 0.342. The summed E-state index contributed by atoms with van der Waals surface area (Å²) in [5, 5.41) is 2.71. The van der Waals surface area contributed by atoms with E-state index in [9.17, 15) is 0 Å². The minimum Gasteiger partial charge on any atom is -0.368 e. The Morgan fingerprint density at radius 1 is 0.952 bits per heavy atom. The second-order valence-corrected chi connectivity index (χ2v) is 6.59. The Hall–Kier alpha value is -1.54. The third-order valence-corrected chi connectivity index (χ3v) is 5.53. The summed E-state index contributed by atoms with van der Waals surface area (Å²) in [7, 11) is 0. The second-order valence-electron chi connectivity index (χ2n) is 6.59. The molecule has 2 atom stereocenters. The topological polar surface area (TPSA) is 29.3 Å². The van der Waals surface area contributed by atoms with E-state index in [1.165, 1.54) is 60.7 Å². The van der Waals surface area contributed by atoms with Gasteiger partial charge < -0.3 is 10.6 Å². The van der Waals surface area contributed by atoms with Crippen molar-refractivity contribution in [2.24, 2.45) is 11.7 Å². The van der Waals surface area contributed by atoms with Crippen molar-refractivity contribution in [2.75, 3.05) is 11.4 Å². The van der Waals surface area contributed by atoms with Crippen molar-refractivity contribution in [3.05, 3.63) is 42.0 Å². The predicted octanol–water partition coefficient (Wildman–Crippen LogP) is 4.07. The number of nitrogens with zero attached hydrogens (tertiary/aromatic N) is 1. The SMILES string of the molecule is NCc1ccc(N2CCC3CCCCC32)c2ccccc12. The first-order valence-corrected chi connectivity index (χ1v) is 8.36. The summed E-state index contributed by atoms with van der Waals surface area (Å²) in [4.78, 5) is 2.69. The zero-order chi connectivity index (χ0) is 14.2. The molecule has 1 heterocycles. The predicted molar refractivity (Wildman–Crippen MR) is 89.5 cm³/mol. The minimum atomic E-state index is 0.618. The number of hydrogen-bond acceptors (Lipinski definition) is 2.